The van der Waals surface area contributed by atoms with Gasteiger partial charge in [-0.25, -0.2) is 8.78 Å². The number of rotatable bonds is 7. The van der Waals surface area contributed by atoms with Gasteiger partial charge in [-0.15, -0.1) is 37.9 Å². The Labute approximate surface area is 210 Å². The zero-order chi connectivity index (χ0) is 24.0. The van der Waals surface area contributed by atoms with E-state index in [0.717, 1.165) is 19.4 Å². The number of thiol groups is 3. The maximum absolute atomic E-state index is 13.7. The number of alkyl halides is 2. The summed E-state index contributed by atoms with van der Waals surface area (Å²) in [5.41, 5.74) is 1.90. The molecule has 0 aliphatic heterocycles. The van der Waals surface area contributed by atoms with Crippen molar-refractivity contribution in [3.63, 3.8) is 0 Å². The Bertz CT molecular complexity index is 1390. The molecule has 0 radical (unpaired) electrons. The van der Waals surface area contributed by atoms with Crippen molar-refractivity contribution < 1.29 is 13.5 Å². The molecule has 4 aromatic rings. The molecule has 0 amide bonds. The Morgan fingerprint density at radius 2 is 1.82 bits per heavy atom. The Morgan fingerprint density at radius 3 is 2.41 bits per heavy atom. The van der Waals surface area contributed by atoms with Crippen LogP contribution in [0.5, 0.6) is 5.75 Å². The first-order valence-electron chi connectivity index (χ1n) is 10.5. The van der Waals surface area contributed by atoms with E-state index in [1.165, 1.54) is 23.0 Å². The zero-order valence-electron chi connectivity index (χ0n) is 17.7. The Kier molecular flexibility index (Phi) is 6.11. The largest absolute Gasteiger partial charge is 0.459 e. The Morgan fingerprint density at radius 1 is 1.09 bits per heavy atom. The molecule has 34 heavy (non-hydrogen) atoms. The lowest BCUT2D eigenvalue weighted by Gasteiger charge is -2.18. The van der Waals surface area contributed by atoms with E-state index in [9.17, 15) is 13.6 Å². The van der Waals surface area contributed by atoms with Gasteiger partial charge in [0.25, 0.3) is 12.0 Å². The van der Waals surface area contributed by atoms with Crippen LogP contribution in [0.4, 0.5) is 8.78 Å². The fourth-order valence-electron chi connectivity index (χ4n) is 3.84. The lowest BCUT2D eigenvalue weighted by molar-refractivity contribution is 0.146. The quantitative estimate of drug-likeness (QED) is 0.227. The van der Waals surface area contributed by atoms with E-state index in [2.05, 4.69) is 48.0 Å². The Balaban J connectivity index is 1.65. The second kappa shape index (κ2) is 8.94. The number of hydrogen-bond donors (Lipinski definition) is 3. The molecule has 5 rings (SSSR count). The SMILES string of the molecule is O=c1c(-c2ccc(C(F)F)nc2)c2c(ccn2CC2CC2)nn1-c1ccc(OC(S)(S)S)cc1. The van der Waals surface area contributed by atoms with Gasteiger partial charge in [-0.05, 0) is 55.2 Å². The predicted molar refractivity (Wildman–Crippen MR) is 137 cm³/mol. The predicted octanol–water partition coefficient (Wildman–Crippen LogP) is 5.38. The third-order valence-corrected chi connectivity index (χ3v) is 5.85. The summed E-state index contributed by atoms with van der Waals surface area (Å²) >= 11 is 12.3. The highest BCUT2D eigenvalue weighted by Gasteiger charge is 2.25. The molecule has 0 bridgehead atoms. The van der Waals surface area contributed by atoms with E-state index in [1.54, 1.807) is 24.3 Å². The van der Waals surface area contributed by atoms with Crippen molar-refractivity contribution >= 4 is 48.9 Å². The van der Waals surface area contributed by atoms with Crippen molar-refractivity contribution in [2.75, 3.05) is 0 Å². The van der Waals surface area contributed by atoms with E-state index >= 15 is 0 Å². The first-order chi connectivity index (χ1) is 16.2. The molecule has 1 fully saturated rings. The average Bonchev–Trinajstić information content (AvgIpc) is 3.52. The summed E-state index contributed by atoms with van der Waals surface area (Å²) in [5.74, 6) is 1.02. The normalized spacial score (nSPS) is 14.2. The molecule has 176 valence electrons. The molecule has 1 aromatic carbocycles. The second-order valence-electron chi connectivity index (χ2n) is 8.18. The van der Waals surface area contributed by atoms with E-state index in [-0.39, 0.29) is 11.3 Å². The molecule has 0 spiro atoms. The molecule has 6 nitrogen and oxygen atoms in total. The fraction of sp³-hybridized carbons (Fsp3) is 0.261. The minimum absolute atomic E-state index is 0.341. The van der Waals surface area contributed by atoms with E-state index < -0.39 is 10.0 Å². The Hall–Kier alpha value is -2.50. The van der Waals surface area contributed by atoms with Gasteiger partial charge in [0, 0.05) is 24.5 Å². The van der Waals surface area contributed by atoms with Gasteiger partial charge in [0.1, 0.15) is 17.0 Å². The van der Waals surface area contributed by atoms with Crippen molar-refractivity contribution in [1.29, 1.82) is 0 Å². The van der Waals surface area contributed by atoms with Crippen LogP contribution in [0.2, 0.25) is 0 Å². The number of fused-ring (bicyclic) bond motifs is 1. The van der Waals surface area contributed by atoms with E-state index in [4.69, 9.17) is 4.74 Å². The van der Waals surface area contributed by atoms with Crippen LogP contribution in [0.15, 0.2) is 59.7 Å². The monoisotopic (exact) mass is 518 g/mol. The summed E-state index contributed by atoms with van der Waals surface area (Å²) in [4.78, 5) is 17.6. The van der Waals surface area contributed by atoms with Crippen LogP contribution in [0.3, 0.4) is 0 Å². The van der Waals surface area contributed by atoms with Crippen LogP contribution in [0, 0.1) is 5.92 Å². The highest BCUT2D eigenvalue weighted by atomic mass is 32.2. The van der Waals surface area contributed by atoms with Crippen LogP contribution >= 0.6 is 37.9 Å². The van der Waals surface area contributed by atoms with Gasteiger partial charge < -0.3 is 9.30 Å². The van der Waals surface area contributed by atoms with Crippen molar-refractivity contribution in [3.05, 3.63) is 70.9 Å². The summed E-state index contributed by atoms with van der Waals surface area (Å²) < 4.78 is 33.6. The van der Waals surface area contributed by atoms with Crippen LogP contribution in [0.1, 0.15) is 25.0 Å². The third-order valence-electron chi connectivity index (χ3n) is 5.58. The number of halogens is 2. The lowest BCUT2D eigenvalue weighted by Crippen LogP contribution is -2.24. The molecule has 11 heteroatoms. The first-order valence-corrected chi connectivity index (χ1v) is 11.9. The molecule has 0 saturated heterocycles. The number of pyridine rings is 1. The minimum Gasteiger partial charge on any atom is -0.459 e. The third kappa shape index (κ3) is 4.82. The molecule has 1 saturated carbocycles. The highest BCUT2D eigenvalue weighted by molar-refractivity contribution is 8.16. The van der Waals surface area contributed by atoms with Crippen LogP contribution in [-0.4, -0.2) is 22.9 Å². The maximum Gasteiger partial charge on any atom is 0.281 e. The molecule has 0 atom stereocenters. The second-order valence-corrected chi connectivity index (χ2v) is 11.1. The summed E-state index contributed by atoms with van der Waals surface area (Å²) in [6.07, 6.45) is 2.83. The number of benzene rings is 1. The minimum atomic E-state index is -2.69. The maximum atomic E-state index is 13.7. The molecule has 1 aliphatic carbocycles. The van der Waals surface area contributed by atoms with Gasteiger partial charge in [0.2, 0.25) is 3.60 Å². The molecule has 3 aromatic heterocycles. The average molecular weight is 519 g/mol. The van der Waals surface area contributed by atoms with Crippen LogP contribution in [0.25, 0.3) is 27.8 Å². The van der Waals surface area contributed by atoms with Crippen molar-refractivity contribution in [2.45, 2.75) is 29.4 Å². The molecular formula is C23H20F2N4O2S3. The summed E-state index contributed by atoms with van der Waals surface area (Å²) in [7, 11) is 0. The fourth-order valence-corrected chi connectivity index (χ4v) is 4.15. The topological polar surface area (TPSA) is 61.9 Å². The molecular weight excluding hydrogens is 498 g/mol. The summed E-state index contributed by atoms with van der Waals surface area (Å²) in [5, 5.41) is 4.59. The number of hydrogen-bond acceptors (Lipinski definition) is 7. The smallest absolute Gasteiger partial charge is 0.281 e. The van der Waals surface area contributed by atoms with Crippen LogP contribution in [-0.2, 0) is 6.54 Å². The van der Waals surface area contributed by atoms with E-state index in [0.29, 0.717) is 39.5 Å². The molecule has 1 aliphatic rings. The first kappa shape index (κ1) is 23.3. The van der Waals surface area contributed by atoms with Crippen LogP contribution < -0.4 is 10.3 Å². The van der Waals surface area contributed by atoms with Gasteiger partial charge in [-0.1, -0.05) is 6.07 Å². The number of nitrogens with zero attached hydrogens (tertiary/aromatic N) is 4. The van der Waals surface area contributed by atoms with Crippen molar-refractivity contribution in [3.8, 4) is 22.6 Å². The van der Waals surface area contributed by atoms with Gasteiger partial charge in [-0.3, -0.25) is 9.78 Å². The van der Waals surface area contributed by atoms with E-state index in [1.807, 2.05) is 16.8 Å². The standard InChI is InChI=1S/C23H20F2N4O2S3/c24-21(25)18-8-3-14(11-26-18)19-20-17(9-10-28(20)12-13-1-2-13)27-29(22(19)30)15-4-6-16(7-5-15)31-23(32,33)34/h3-11,13,21,32-34H,1-2,12H2. The van der Waals surface area contributed by atoms with Gasteiger partial charge in [0.05, 0.1) is 16.8 Å². The van der Waals surface area contributed by atoms with Crippen molar-refractivity contribution in [2.24, 2.45) is 5.92 Å². The summed E-state index contributed by atoms with van der Waals surface area (Å²) in [6, 6.07) is 11.3. The highest BCUT2D eigenvalue weighted by Crippen LogP contribution is 2.34. The van der Waals surface area contributed by atoms with Gasteiger partial charge >= 0.3 is 0 Å². The number of aromatic nitrogens is 4. The number of ether oxygens (including phenoxy) is 1. The molecule has 3 heterocycles. The lowest BCUT2D eigenvalue weighted by atomic mass is 10.1. The summed E-state index contributed by atoms with van der Waals surface area (Å²) in [6.45, 7) is 0.773. The molecule has 0 N–H and O–H groups in total. The molecule has 0 unspecified atom stereocenters. The van der Waals surface area contributed by atoms with Gasteiger partial charge in [-0.2, -0.15) is 9.78 Å². The zero-order valence-corrected chi connectivity index (χ0v) is 20.4. The van der Waals surface area contributed by atoms with Gasteiger partial charge in [0.15, 0.2) is 0 Å². The van der Waals surface area contributed by atoms with Crippen molar-refractivity contribution in [1.82, 2.24) is 19.3 Å².